The molecule has 2 heterocycles. The number of nitrogens with zero attached hydrogens (tertiary/aromatic N) is 3. The third-order valence-electron chi connectivity index (χ3n) is 6.74. The van der Waals surface area contributed by atoms with Gasteiger partial charge in [0.25, 0.3) is 5.91 Å². The summed E-state index contributed by atoms with van der Waals surface area (Å²) >= 11 is 0. The van der Waals surface area contributed by atoms with Crippen LogP contribution in [0.15, 0.2) is 67.1 Å². The van der Waals surface area contributed by atoms with Gasteiger partial charge in [-0.05, 0) is 23.6 Å². The summed E-state index contributed by atoms with van der Waals surface area (Å²) in [6.07, 6.45) is 4.04. The van der Waals surface area contributed by atoms with Crippen LogP contribution in [0.5, 0.6) is 0 Å². The molecule has 0 spiro atoms. The number of rotatable bonds is 5. The molecule has 34 heavy (non-hydrogen) atoms. The minimum atomic E-state index is -1.85. The van der Waals surface area contributed by atoms with Crippen LogP contribution in [0.4, 0.5) is 5.82 Å². The number of aromatic nitrogens is 2. The quantitative estimate of drug-likeness (QED) is 0.449. The zero-order valence-electron chi connectivity index (χ0n) is 19.0. The minimum absolute atomic E-state index is 0.162. The lowest BCUT2D eigenvalue weighted by atomic mass is 9.91. The van der Waals surface area contributed by atoms with Crippen molar-refractivity contribution in [2.45, 2.75) is 24.5 Å². The Labute approximate surface area is 197 Å². The summed E-state index contributed by atoms with van der Waals surface area (Å²) < 4.78 is 6.36. The minimum Gasteiger partial charge on any atom is -0.454 e. The molecule has 2 aromatic carbocycles. The molecule has 1 aliphatic heterocycles. The second-order valence-electron chi connectivity index (χ2n) is 9.30. The summed E-state index contributed by atoms with van der Waals surface area (Å²) in [5.41, 5.74) is 0.904. The van der Waals surface area contributed by atoms with E-state index in [4.69, 9.17) is 4.74 Å². The first kappa shape index (κ1) is 22.2. The second kappa shape index (κ2) is 8.62. The molecule has 1 fully saturated rings. The van der Waals surface area contributed by atoms with Crippen molar-refractivity contribution >= 4 is 17.7 Å². The fraction of sp³-hybridized carbons (Fsp3) is 0.308. The van der Waals surface area contributed by atoms with Gasteiger partial charge in [-0.2, -0.15) is 0 Å². The third-order valence-corrected chi connectivity index (χ3v) is 6.74. The van der Waals surface area contributed by atoms with Crippen molar-refractivity contribution in [2.24, 2.45) is 0 Å². The zero-order valence-corrected chi connectivity index (χ0v) is 19.0. The number of esters is 1. The molecule has 1 amide bonds. The highest BCUT2D eigenvalue weighted by Crippen LogP contribution is 2.48. The van der Waals surface area contributed by atoms with E-state index in [2.05, 4.69) is 15.3 Å². The lowest BCUT2D eigenvalue weighted by Gasteiger charge is -2.40. The normalized spacial score (nSPS) is 22.4. The average Bonchev–Trinajstić information content (AvgIpc) is 3.09. The molecule has 1 unspecified atom stereocenters. The lowest BCUT2D eigenvalue weighted by molar-refractivity contribution is -0.909. The molecule has 2 N–H and O–H groups in total. The van der Waals surface area contributed by atoms with Gasteiger partial charge in [0.1, 0.15) is 18.7 Å². The van der Waals surface area contributed by atoms with E-state index in [1.54, 1.807) is 24.4 Å². The summed E-state index contributed by atoms with van der Waals surface area (Å²) in [5.74, 6) is -0.383. The van der Waals surface area contributed by atoms with Crippen LogP contribution in [-0.2, 0) is 19.9 Å². The van der Waals surface area contributed by atoms with Crippen molar-refractivity contribution in [1.29, 1.82) is 0 Å². The highest BCUT2D eigenvalue weighted by atomic mass is 16.6. The predicted molar refractivity (Wildman–Crippen MR) is 125 cm³/mol. The van der Waals surface area contributed by atoms with E-state index < -0.39 is 17.7 Å². The van der Waals surface area contributed by atoms with Crippen molar-refractivity contribution in [3.8, 4) is 11.1 Å². The first-order valence-electron chi connectivity index (χ1n) is 11.4. The fourth-order valence-electron chi connectivity index (χ4n) is 5.18. The molecule has 0 saturated carbocycles. The van der Waals surface area contributed by atoms with Crippen molar-refractivity contribution in [3.63, 3.8) is 0 Å². The Kier molecular flexibility index (Phi) is 5.63. The third kappa shape index (κ3) is 3.95. The van der Waals surface area contributed by atoms with Gasteiger partial charge in [0.05, 0.1) is 13.6 Å². The molecule has 174 valence electrons. The molecule has 8 heteroatoms. The summed E-state index contributed by atoms with van der Waals surface area (Å²) in [4.78, 5) is 34.0. The van der Waals surface area contributed by atoms with Crippen LogP contribution in [0.3, 0.4) is 0 Å². The number of hydrogen-bond acceptors (Lipinski definition) is 6. The Morgan fingerprint density at radius 3 is 2.44 bits per heavy atom. The number of carbonyl (C=O) groups excluding carboxylic acids is 2. The molecule has 1 aromatic heterocycles. The topological polar surface area (TPSA) is 101 Å². The van der Waals surface area contributed by atoms with E-state index in [1.807, 2.05) is 43.4 Å². The molecule has 1 saturated heterocycles. The van der Waals surface area contributed by atoms with Gasteiger partial charge in [-0.15, -0.1) is 0 Å². The van der Waals surface area contributed by atoms with Crippen molar-refractivity contribution in [2.75, 3.05) is 32.0 Å². The van der Waals surface area contributed by atoms with Crippen molar-refractivity contribution < 1.29 is 23.9 Å². The van der Waals surface area contributed by atoms with Gasteiger partial charge in [-0.3, -0.25) is 4.79 Å². The van der Waals surface area contributed by atoms with Gasteiger partial charge >= 0.3 is 5.97 Å². The molecule has 1 aliphatic carbocycles. The Bertz CT molecular complexity index is 1190. The Morgan fingerprint density at radius 2 is 1.79 bits per heavy atom. The number of carbonyl (C=O) groups is 2. The smallest absolute Gasteiger partial charge is 0.348 e. The van der Waals surface area contributed by atoms with Crippen LogP contribution >= 0.6 is 0 Å². The van der Waals surface area contributed by atoms with Gasteiger partial charge in [-0.25, -0.2) is 14.8 Å². The van der Waals surface area contributed by atoms with Gasteiger partial charge in [-0.1, -0.05) is 48.5 Å². The number of ether oxygens (including phenoxy) is 1. The van der Waals surface area contributed by atoms with Crippen LogP contribution < -0.4 is 5.32 Å². The molecule has 2 atom stereocenters. The molecule has 3 aromatic rings. The maximum absolute atomic E-state index is 13.5. The number of quaternary nitrogens is 1. The van der Waals surface area contributed by atoms with Crippen molar-refractivity contribution in [3.05, 3.63) is 78.2 Å². The number of fused-ring (bicyclic) bond motifs is 3. The summed E-state index contributed by atoms with van der Waals surface area (Å²) in [5, 5.41) is 14.5. The number of hydrogen-bond donors (Lipinski definition) is 2. The van der Waals surface area contributed by atoms with Crippen LogP contribution in [0, 0.1) is 0 Å². The highest BCUT2D eigenvalue weighted by molar-refractivity contribution is 5.96. The molecular formula is C26H27N4O4+. The number of aliphatic hydroxyl groups is 1. The van der Waals surface area contributed by atoms with Crippen LogP contribution in [0.1, 0.15) is 24.0 Å². The molecule has 5 rings (SSSR count). The molecule has 8 nitrogen and oxygen atoms in total. The first-order valence-corrected chi connectivity index (χ1v) is 11.4. The summed E-state index contributed by atoms with van der Waals surface area (Å²) in [6.45, 7) is 1.51. The Balaban J connectivity index is 1.31. The average molecular weight is 460 g/mol. The first-order chi connectivity index (χ1) is 16.4. The summed E-state index contributed by atoms with van der Waals surface area (Å²) in [6, 6.07) is 16.4. The van der Waals surface area contributed by atoms with Crippen LogP contribution in [0.25, 0.3) is 11.1 Å². The Morgan fingerprint density at radius 1 is 1.12 bits per heavy atom. The predicted octanol–water partition coefficient (Wildman–Crippen LogP) is 2.48. The number of benzene rings is 2. The number of amides is 1. The fourth-order valence-corrected chi connectivity index (χ4v) is 5.18. The molecule has 0 radical (unpaired) electrons. The number of likely N-dealkylation sites (N-methyl/N-ethyl adjacent to an activating group) is 1. The van der Waals surface area contributed by atoms with E-state index in [1.165, 1.54) is 6.33 Å². The molecule has 2 aliphatic rings. The second-order valence-corrected chi connectivity index (χ2v) is 9.30. The van der Waals surface area contributed by atoms with E-state index >= 15 is 0 Å². The van der Waals surface area contributed by atoms with Gasteiger partial charge in [0, 0.05) is 23.7 Å². The highest BCUT2D eigenvalue weighted by Gasteiger charge is 2.50. The number of likely N-dealkylation sites (tertiary alicyclic amines) is 1. The number of anilines is 1. The standard InChI is InChI=1S/C26H26N4O4/c1-30(16-24(31)29-23-12-13-27-17-28-23)14-6-7-18(15-30)34-25(32)26(33)21-10-4-2-8-19(21)20-9-3-5-11-22(20)26/h2-5,8-13,17-18,33H,6-7,14-16H2,1H3/p+1/t18-,30?/m1/s1. The van der Waals surface area contributed by atoms with E-state index in [0.717, 1.165) is 24.1 Å². The van der Waals surface area contributed by atoms with Crippen LogP contribution in [-0.4, -0.2) is 64.2 Å². The van der Waals surface area contributed by atoms with E-state index in [-0.39, 0.29) is 12.5 Å². The SMILES string of the molecule is C[N+]1(CC(=O)Nc2ccncn2)CCC[C@@H](OC(=O)C2(O)c3ccccc3-c3ccccc32)C1. The lowest BCUT2D eigenvalue weighted by Crippen LogP contribution is -2.57. The molecule has 0 bridgehead atoms. The van der Waals surface area contributed by atoms with Gasteiger partial charge in [0.15, 0.2) is 12.6 Å². The largest absolute Gasteiger partial charge is 0.454 e. The van der Waals surface area contributed by atoms with Gasteiger partial charge < -0.3 is 19.6 Å². The number of piperidine rings is 1. The molecular weight excluding hydrogens is 432 g/mol. The van der Waals surface area contributed by atoms with Gasteiger partial charge in [0.2, 0.25) is 5.60 Å². The van der Waals surface area contributed by atoms with Crippen molar-refractivity contribution in [1.82, 2.24) is 9.97 Å². The maximum atomic E-state index is 13.5. The Hall–Kier alpha value is -3.62. The zero-order chi connectivity index (χ0) is 23.8. The summed E-state index contributed by atoms with van der Waals surface area (Å²) in [7, 11) is 1.98. The van der Waals surface area contributed by atoms with E-state index in [9.17, 15) is 14.7 Å². The van der Waals surface area contributed by atoms with E-state index in [0.29, 0.717) is 34.4 Å². The number of nitrogens with one attached hydrogen (secondary N) is 1. The van der Waals surface area contributed by atoms with Crippen LogP contribution in [0.2, 0.25) is 0 Å². The monoisotopic (exact) mass is 459 g/mol. The maximum Gasteiger partial charge on any atom is 0.348 e.